The molecule has 0 aliphatic carbocycles. The second-order valence-corrected chi connectivity index (χ2v) is 7.76. The van der Waals surface area contributed by atoms with Crippen LogP contribution in [0.4, 0.5) is 0 Å². The number of ether oxygens (including phenoxy) is 1. The van der Waals surface area contributed by atoms with E-state index in [1.165, 1.54) is 11.8 Å². The SMILES string of the molecule is CCCNC(=O)CSc1nc2ccccc2c(=O)n1CCCN1CCOCC1. The number of thioether (sulfide) groups is 1. The van der Waals surface area contributed by atoms with Gasteiger partial charge in [-0.3, -0.25) is 19.1 Å². The van der Waals surface area contributed by atoms with E-state index in [4.69, 9.17) is 4.74 Å². The monoisotopic (exact) mass is 404 g/mol. The second kappa shape index (κ2) is 10.6. The number of nitrogens with one attached hydrogen (secondary N) is 1. The Morgan fingerprint density at radius 2 is 2.04 bits per heavy atom. The number of para-hydroxylation sites is 1. The number of rotatable bonds is 9. The van der Waals surface area contributed by atoms with Crippen molar-refractivity contribution in [2.75, 3.05) is 45.1 Å². The lowest BCUT2D eigenvalue weighted by Gasteiger charge is -2.26. The molecule has 3 rings (SSSR count). The Hall–Kier alpha value is -1.90. The summed E-state index contributed by atoms with van der Waals surface area (Å²) < 4.78 is 7.11. The van der Waals surface area contributed by atoms with E-state index in [1.807, 2.05) is 31.2 Å². The summed E-state index contributed by atoms with van der Waals surface area (Å²) in [6.07, 6.45) is 1.76. The molecule has 0 bridgehead atoms. The Morgan fingerprint density at radius 1 is 1.25 bits per heavy atom. The van der Waals surface area contributed by atoms with Crippen LogP contribution in [0.1, 0.15) is 19.8 Å². The molecular formula is C20H28N4O3S. The van der Waals surface area contributed by atoms with Crippen molar-refractivity contribution in [2.24, 2.45) is 0 Å². The van der Waals surface area contributed by atoms with Gasteiger partial charge in [0.25, 0.3) is 5.56 Å². The highest BCUT2D eigenvalue weighted by atomic mass is 32.2. The van der Waals surface area contributed by atoms with Crippen LogP contribution in [0.25, 0.3) is 10.9 Å². The quantitative estimate of drug-likeness (QED) is 0.507. The molecule has 1 aliphatic heterocycles. The smallest absolute Gasteiger partial charge is 0.262 e. The number of morpholine rings is 1. The van der Waals surface area contributed by atoms with Gasteiger partial charge in [0, 0.05) is 32.7 Å². The lowest BCUT2D eigenvalue weighted by Crippen LogP contribution is -2.37. The molecule has 28 heavy (non-hydrogen) atoms. The number of carbonyl (C=O) groups is 1. The minimum Gasteiger partial charge on any atom is -0.379 e. The molecule has 0 spiro atoms. The van der Waals surface area contributed by atoms with Gasteiger partial charge in [-0.2, -0.15) is 0 Å². The summed E-state index contributed by atoms with van der Waals surface area (Å²) in [6, 6.07) is 7.38. The van der Waals surface area contributed by atoms with Crippen LogP contribution in [-0.2, 0) is 16.1 Å². The largest absolute Gasteiger partial charge is 0.379 e. The summed E-state index contributed by atoms with van der Waals surface area (Å²) in [5.74, 6) is 0.225. The maximum absolute atomic E-state index is 13.0. The molecule has 7 nitrogen and oxygen atoms in total. The molecule has 1 fully saturated rings. The van der Waals surface area contributed by atoms with E-state index in [1.54, 1.807) is 4.57 Å². The van der Waals surface area contributed by atoms with Gasteiger partial charge >= 0.3 is 0 Å². The number of nitrogens with zero attached hydrogens (tertiary/aromatic N) is 3. The highest BCUT2D eigenvalue weighted by molar-refractivity contribution is 7.99. The van der Waals surface area contributed by atoms with E-state index in [0.29, 0.717) is 29.1 Å². The number of benzene rings is 1. The van der Waals surface area contributed by atoms with Crippen molar-refractivity contribution in [2.45, 2.75) is 31.5 Å². The molecule has 0 atom stereocenters. The first kappa shape index (κ1) is 20.8. The van der Waals surface area contributed by atoms with E-state index in [-0.39, 0.29) is 17.2 Å². The van der Waals surface area contributed by atoms with Crippen LogP contribution in [0, 0.1) is 0 Å². The first-order chi connectivity index (χ1) is 13.7. The van der Waals surface area contributed by atoms with Gasteiger partial charge in [-0.15, -0.1) is 0 Å². The standard InChI is InChI=1S/C20H28N4O3S/c1-2-8-21-18(25)15-28-20-22-17-7-4-3-6-16(17)19(26)24(20)10-5-9-23-11-13-27-14-12-23/h3-4,6-7H,2,5,8-15H2,1H3,(H,21,25). The molecule has 1 saturated heterocycles. The highest BCUT2D eigenvalue weighted by Gasteiger charge is 2.14. The Balaban J connectivity index is 1.74. The highest BCUT2D eigenvalue weighted by Crippen LogP contribution is 2.18. The van der Waals surface area contributed by atoms with E-state index >= 15 is 0 Å². The van der Waals surface area contributed by atoms with Crippen LogP contribution in [0.2, 0.25) is 0 Å². The molecule has 0 radical (unpaired) electrons. The molecule has 1 aromatic carbocycles. The number of fused-ring (bicyclic) bond motifs is 1. The van der Waals surface area contributed by atoms with Gasteiger partial charge in [0.1, 0.15) is 0 Å². The summed E-state index contributed by atoms with van der Waals surface area (Å²) in [4.78, 5) is 32.0. The molecule has 1 aliphatic rings. The zero-order valence-corrected chi connectivity index (χ0v) is 17.2. The first-order valence-electron chi connectivity index (χ1n) is 9.88. The van der Waals surface area contributed by atoms with Crippen LogP contribution in [0.3, 0.4) is 0 Å². The lowest BCUT2D eigenvalue weighted by atomic mass is 10.2. The molecule has 0 unspecified atom stereocenters. The summed E-state index contributed by atoms with van der Waals surface area (Å²) in [5.41, 5.74) is 0.637. The zero-order valence-electron chi connectivity index (χ0n) is 16.4. The van der Waals surface area contributed by atoms with Gasteiger partial charge < -0.3 is 10.1 Å². The van der Waals surface area contributed by atoms with E-state index < -0.39 is 0 Å². The lowest BCUT2D eigenvalue weighted by molar-refractivity contribution is -0.118. The molecular weight excluding hydrogens is 376 g/mol. The van der Waals surface area contributed by atoms with Crippen molar-refractivity contribution >= 4 is 28.6 Å². The van der Waals surface area contributed by atoms with Crippen molar-refractivity contribution in [1.82, 2.24) is 19.8 Å². The fourth-order valence-corrected chi connectivity index (χ4v) is 4.03. The minimum atomic E-state index is -0.0379. The van der Waals surface area contributed by atoms with Crippen molar-refractivity contribution in [1.29, 1.82) is 0 Å². The normalized spacial score (nSPS) is 15.0. The van der Waals surface area contributed by atoms with E-state index in [2.05, 4.69) is 15.2 Å². The third-order valence-corrected chi connectivity index (χ3v) is 5.67. The van der Waals surface area contributed by atoms with Crippen molar-refractivity contribution in [3.63, 3.8) is 0 Å². The average Bonchev–Trinajstić information content (AvgIpc) is 2.73. The number of hydrogen-bond donors (Lipinski definition) is 1. The molecule has 152 valence electrons. The Kier molecular flexibility index (Phi) is 7.88. The van der Waals surface area contributed by atoms with E-state index in [9.17, 15) is 9.59 Å². The average molecular weight is 405 g/mol. The fourth-order valence-electron chi connectivity index (χ4n) is 3.18. The maximum Gasteiger partial charge on any atom is 0.262 e. The van der Waals surface area contributed by atoms with E-state index in [0.717, 1.165) is 45.7 Å². The summed E-state index contributed by atoms with van der Waals surface area (Å²) >= 11 is 1.33. The number of carbonyl (C=O) groups excluding carboxylic acids is 1. The summed E-state index contributed by atoms with van der Waals surface area (Å²) in [5, 5.41) is 4.09. The van der Waals surface area contributed by atoms with Crippen LogP contribution in [0.5, 0.6) is 0 Å². The van der Waals surface area contributed by atoms with Gasteiger partial charge in [0.05, 0.1) is 29.9 Å². The number of amides is 1. The maximum atomic E-state index is 13.0. The van der Waals surface area contributed by atoms with Crippen LogP contribution in [0.15, 0.2) is 34.2 Å². The summed E-state index contributed by atoms with van der Waals surface area (Å²) in [6.45, 7) is 7.60. The molecule has 2 heterocycles. The van der Waals surface area contributed by atoms with Gasteiger partial charge in [-0.05, 0) is 25.0 Å². The molecule has 1 N–H and O–H groups in total. The third-order valence-electron chi connectivity index (χ3n) is 4.69. The van der Waals surface area contributed by atoms with Gasteiger partial charge in [-0.1, -0.05) is 30.8 Å². The van der Waals surface area contributed by atoms with Crippen molar-refractivity contribution in [3.8, 4) is 0 Å². The van der Waals surface area contributed by atoms with Crippen molar-refractivity contribution in [3.05, 3.63) is 34.6 Å². The first-order valence-corrected chi connectivity index (χ1v) is 10.9. The molecule has 0 saturated carbocycles. The van der Waals surface area contributed by atoms with Crippen LogP contribution >= 0.6 is 11.8 Å². The Labute approximate surface area is 169 Å². The Morgan fingerprint density at radius 3 is 2.82 bits per heavy atom. The number of aromatic nitrogens is 2. The zero-order chi connectivity index (χ0) is 19.8. The topological polar surface area (TPSA) is 76.5 Å². The summed E-state index contributed by atoms with van der Waals surface area (Å²) in [7, 11) is 0. The minimum absolute atomic E-state index is 0.0332. The fraction of sp³-hybridized carbons (Fsp3) is 0.550. The van der Waals surface area contributed by atoms with Crippen molar-refractivity contribution < 1.29 is 9.53 Å². The number of hydrogen-bond acceptors (Lipinski definition) is 6. The Bertz CT molecular complexity index is 849. The second-order valence-electron chi connectivity index (χ2n) is 6.81. The van der Waals surface area contributed by atoms with Gasteiger partial charge in [0.2, 0.25) is 5.91 Å². The molecule has 8 heteroatoms. The molecule has 1 aromatic heterocycles. The van der Waals surface area contributed by atoms with Crippen LogP contribution in [-0.4, -0.2) is 65.5 Å². The molecule has 1 amide bonds. The third kappa shape index (κ3) is 5.56. The van der Waals surface area contributed by atoms with Gasteiger partial charge in [0.15, 0.2) is 5.16 Å². The van der Waals surface area contributed by atoms with Crippen LogP contribution < -0.4 is 10.9 Å². The predicted molar refractivity (Wildman–Crippen MR) is 112 cm³/mol. The predicted octanol–water partition coefficient (Wildman–Crippen LogP) is 1.74. The van der Waals surface area contributed by atoms with Gasteiger partial charge in [-0.25, -0.2) is 4.98 Å². The molecule has 2 aromatic rings.